The second-order valence-electron chi connectivity index (χ2n) is 4.61. The molecule has 2 unspecified atom stereocenters. The quantitative estimate of drug-likeness (QED) is 0.361. The summed E-state index contributed by atoms with van der Waals surface area (Å²) in [6, 6.07) is 3.93. The molecule has 0 saturated heterocycles. The fourth-order valence-corrected chi connectivity index (χ4v) is 1.31. The first kappa shape index (κ1) is 16.5. The lowest BCUT2D eigenvalue weighted by Crippen LogP contribution is -2.47. The smallest absolute Gasteiger partial charge is 0.339 e. The van der Waals surface area contributed by atoms with E-state index in [1.54, 1.807) is 0 Å². The predicted molar refractivity (Wildman–Crippen MR) is 72.6 cm³/mol. The van der Waals surface area contributed by atoms with Crippen LogP contribution >= 0.6 is 0 Å². The number of rotatable bonds is 5. The number of aliphatic hydroxyl groups is 1. The lowest BCUT2D eigenvalue weighted by Gasteiger charge is -2.24. The molecule has 7 heteroatoms. The summed E-state index contributed by atoms with van der Waals surface area (Å²) in [5, 5.41) is 36.8. The molecule has 2 atom stereocenters. The van der Waals surface area contributed by atoms with Gasteiger partial charge in [-0.2, -0.15) is 0 Å². The zero-order chi connectivity index (χ0) is 16.2. The molecule has 0 spiro atoms. The van der Waals surface area contributed by atoms with Crippen molar-refractivity contribution in [2.75, 3.05) is 0 Å². The third-order valence-corrected chi connectivity index (χ3v) is 2.93. The van der Waals surface area contributed by atoms with Crippen LogP contribution in [0, 0.1) is 0 Å². The van der Waals surface area contributed by atoms with Gasteiger partial charge in [-0.05, 0) is 37.6 Å². The molecule has 1 aromatic rings. The molecule has 1 rings (SSSR count). The fraction of sp³-hybridized carbons (Fsp3) is 0.286. The van der Waals surface area contributed by atoms with E-state index < -0.39 is 23.6 Å². The molecule has 0 radical (unpaired) electrons. The van der Waals surface area contributed by atoms with Gasteiger partial charge in [-0.1, -0.05) is 6.07 Å². The number of hydrogen-bond donors (Lipinski definition) is 4. The molecule has 0 bridgehead atoms. The number of aromatic hydroxyl groups is 2. The summed E-state index contributed by atoms with van der Waals surface area (Å²) in [6.07, 6.45) is 1.07. The van der Waals surface area contributed by atoms with E-state index in [0.717, 1.165) is 13.0 Å². The summed E-state index contributed by atoms with van der Waals surface area (Å²) in [7, 11) is 0. The number of hydrogen-bond acceptors (Lipinski definition) is 6. The Kier molecular flexibility index (Phi) is 4.93. The van der Waals surface area contributed by atoms with E-state index in [9.17, 15) is 19.8 Å². The van der Waals surface area contributed by atoms with Crippen molar-refractivity contribution in [2.24, 2.45) is 0 Å². The summed E-state index contributed by atoms with van der Waals surface area (Å²) in [6.45, 7) is 2.28. The van der Waals surface area contributed by atoms with E-state index >= 15 is 0 Å². The number of esters is 1. The van der Waals surface area contributed by atoms with Crippen molar-refractivity contribution in [1.82, 2.24) is 0 Å². The minimum absolute atomic E-state index is 0.291. The molecule has 0 aliphatic carbocycles. The normalized spacial score (nSPS) is 15.4. The Labute approximate surface area is 120 Å². The standard InChI is InChI=1S/C14H16O7/c1-8(14(2,20)13(18)19)21-12(17)6-4-9-3-5-10(15)11(16)7-9/h3-8,15-16,20H,1-2H3,(H,18,19). The van der Waals surface area contributed by atoms with Crippen LogP contribution < -0.4 is 0 Å². The third kappa shape index (κ3) is 4.22. The first-order valence-electron chi connectivity index (χ1n) is 6.01. The molecule has 114 valence electrons. The monoisotopic (exact) mass is 296 g/mol. The van der Waals surface area contributed by atoms with E-state index in [1.165, 1.54) is 31.2 Å². The molecule has 0 aliphatic rings. The Bertz CT molecular complexity index is 575. The molecule has 0 aromatic heterocycles. The van der Waals surface area contributed by atoms with Gasteiger partial charge in [0.1, 0.15) is 6.10 Å². The number of carbonyl (C=O) groups excluding carboxylic acids is 1. The zero-order valence-corrected chi connectivity index (χ0v) is 11.5. The van der Waals surface area contributed by atoms with Crippen molar-refractivity contribution in [2.45, 2.75) is 25.6 Å². The number of benzene rings is 1. The van der Waals surface area contributed by atoms with Crippen LogP contribution in [0.5, 0.6) is 11.5 Å². The average Bonchev–Trinajstić information content (AvgIpc) is 2.39. The van der Waals surface area contributed by atoms with Gasteiger partial charge in [-0.3, -0.25) is 0 Å². The summed E-state index contributed by atoms with van der Waals surface area (Å²) in [5.74, 6) is -2.99. The van der Waals surface area contributed by atoms with Gasteiger partial charge in [-0.25, -0.2) is 9.59 Å². The van der Waals surface area contributed by atoms with Gasteiger partial charge in [0, 0.05) is 6.08 Å². The lowest BCUT2D eigenvalue weighted by atomic mass is 10.0. The van der Waals surface area contributed by atoms with E-state index in [1.807, 2.05) is 0 Å². The minimum atomic E-state index is -2.19. The van der Waals surface area contributed by atoms with Crippen LogP contribution in [0.4, 0.5) is 0 Å². The number of phenols is 2. The van der Waals surface area contributed by atoms with Gasteiger partial charge in [0.15, 0.2) is 17.1 Å². The number of carboxylic acids is 1. The topological polar surface area (TPSA) is 124 Å². The molecule has 0 heterocycles. The van der Waals surface area contributed by atoms with Gasteiger partial charge in [0.25, 0.3) is 0 Å². The zero-order valence-electron chi connectivity index (χ0n) is 11.5. The highest BCUT2D eigenvalue weighted by Gasteiger charge is 2.39. The van der Waals surface area contributed by atoms with Crippen LogP contribution in [-0.4, -0.2) is 44.1 Å². The largest absolute Gasteiger partial charge is 0.504 e. The number of carboxylic acid groups (broad SMARTS) is 1. The fourth-order valence-electron chi connectivity index (χ4n) is 1.31. The Hall–Kier alpha value is -2.54. The molecule has 0 fully saturated rings. The van der Waals surface area contributed by atoms with Gasteiger partial charge in [-0.15, -0.1) is 0 Å². The first-order valence-corrected chi connectivity index (χ1v) is 6.01. The number of ether oxygens (including phenoxy) is 1. The average molecular weight is 296 g/mol. The molecule has 4 N–H and O–H groups in total. The highest BCUT2D eigenvalue weighted by Crippen LogP contribution is 2.25. The van der Waals surface area contributed by atoms with Crippen molar-refractivity contribution in [1.29, 1.82) is 0 Å². The van der Waals surface area contributed by atoms with Crippen LogP contribution in [0.3, 0.4) is 0 Å². The third-order valence-electron chi connectivity index (χ3n) is 2.93. The molecule has 0 aliphatic heterocycles. The van der Waals surface area contributed by atoms with Crippen molar-refractivity contribution in [3.63, 3.8) is 0 Å². The molecule has 21 heavy (non-hydrogen) atoms. The van der Waals surface area contributed by atoms with Crippen LogP contribution in [0.15, 0.2) is 24.3 Å². The van der Waals surface area contributed by atoms with E-state index in [0.29, 0.717) is 5.56 Å². The van der Waals surface area contributed by atoms with Gasteiger partial charge < -0.3 is 25.2 Å². The lowest BCUT2D eigenvalue weighted by molar-refractivity contribution is -0.176. The Morgan fingerprint density at radius 1 is 1.29 bits per heavy atom. The molecule has 1 aromatic carbocycles. The number of aliphatic carboxylic acids is 1. The summed E-state index contributed by atoms with van der Waals surface area (Å²) in [5.41, 5.74) is -1.76. The van der Waals surface area contributed by atoms with Gasteiger partial charge in [0.05, 0.1) is 0 Å². The van der Waals surface area contributed by atoms with Gasteiger partial charge in [0.2, 0.25) is 0 Å². The Balaban J connectivity index is 2.71. The van der Waals surface area contributed by atoms with Crippen molar-refractivity contribution < 1.29 is 34.8 Å². The predicted octanol–water partition coefficient (Wildman–Crippen LogP) is 0.878. The highest BCUT2D eigenvalue weighted by molar-refractivity contribution is 5.88. The molecule has 0 saturated carbocycles. The Morgan fingerprint density at radius 2 is 1.90 bits per heavy atom. The van der Waals surface area contributed by atoms with Crippen LogP contribution in [-0.2, 0) is 14.3 Å². The summed E-state index contributed by atoms with van der Waals surface area (Å²) in [4.78, 5) is 22.3. The second kappa shape index (κ2) is 6.27. The maximum Gasteiger partial charge on any atom is 0.339 e. The second-order valence-corrected chi connectivity index (χ2v) is 4.61. The maximum absolute atomic E-state index is 11.5. The molecule has 7 nitrogen and oxygen atoms in total. The van der Waals surface area contributed by atoms with Crippen molar-refractivity contribution >= 4 is 18.0 Å². The minimum Gasteiger partial charge on any atom is -0.504 e. The van der Waals surface area contributed by atoms with Crippen LogP contribution in [0.25, 0.3) is 6.08 Å². The van der Waals surface area contributed by atoms with Crippen LogP contribution in [0.1, 0.15) is 19.4 Å². The summed E-state index contributed by atoms with van der Waals surface area (Å²) < 4.78 is 4.78. The number of phenolic OH excluding ortho intramolecular Hbond substituents is 2. The molecular formula is C14H16O7. The van der Waals surface area contributed by atoms with E-state index in [4.69, 9.17) is 14.9 Å². The van der Waals surface area contributed by atoms with E-state index in [-0.39, 0.29) is 11.5 Å². The first-order chi connectivity index (χ1) is 9.64. The number of carbonyl (C=O) groups is 2. The maximum atomic E-state index is 11.5. The Morgan fingerprint density at radius 3 is 2.43 bits per heavy atom. The van der Waals surface area contributed by atoms with Crippen molar-refractivity contribution in [3.05, 3.63) is 29.8 Å². The van der Waals surface area contributed by atoms with E-state index in [2.05, 4.69) is 0 Å². The summed E-state index contributed by atoms with van der Waals surface area (Å²) >= 11 is 0. The molecule has 0 amide bonds. The molecular weight excluding hydrogens is 280 g/mol. The van der Waals surface area contributed by atoms with Gasteiger partial charge >= 0.3 is 11.9 Å². The van der Waals surface area contributed by atoms with Crippen molar-refractivity contribution in [3.8, 4) is 11.5 Å². The SMILES string of the molecule is CC(OC(=O)C=Cc1ccc(O)c(O)c1)C(C)(O)C(=O)O. The van der Waals surface area contributed by atoms with Crippen LogP contribution in [0.2, 0.25) is 0 Å². The highest BCUT2D eigenvalue weighted by atomic mass is 16.6.